The number of aromatic amines is 1. The zero-order chi connectivity index (χ0) is 23.2. The second kappa shape index (κ2) is 8.08. The Morgan fingerprint density at radius 2 is 2.15 bits per heavy atom. The molecule has 0 saturated heterocycles. The maximum Gasteiger partial charge on any atom is 0.251 e. The first kappa shape index (κ1) is 21.3. The van der Waals surface area contributed by atoms with Gasteiger partial charge in [0.25, 0.3) is 5.91 Å². The number of rotatable bonds is 6. The highest BCUT2D eigenvalue weighted by atomic mass is 19.1. The third-order valence-corrected chi connectivity index (χ3v) is 5.99. The summed E-state index contributed by atoms with van der Waals surface area (Å²) < 4.78 is 16.3. The molecule has 1 aliphatic rings. The fourth-order valence-corrected chi connectivity index (χ4v) is 4.43. The summed E-state index contributed by atoms with van der Waals surface area (Å²) in [7, 11) is 0. The number of aromatic nitrogens is 5. The fraction of sp³-hybridized carbons (Fsp3) is 0.333. The van der Waals surface area contributed by atoms with Gasteiger partial charge in [-0.3, -0.25) is 14.6 Å². The van der Waals surface area contributed by atoms with Crippen molar-refractivity contribution in [3.63, 3.8) is 0 Å². The summed E-state index contributed by atoms with van der Waals surface area (Å²) in [5, 5.41) is 24.3. The zero-order valence-corrected chi connectivity index (χ0v) is 18.5. The molecule has 0 fully saturated rings. The molecule has 0 aliphatic heterocycles. The Bertz CT molecular complexity index is 1360. The quantitative estimate of drug-likeness (QED) is 0.420. The van der Waals surface area contributed by atoms with Crippen LogP contribution in [0.4, 0.5) is 4.39 Å². The largest absolute Gasteiger partial charge is 0.395 e. The van der Waals surface area contributed by atoms with Gasteiger partial charge in [0.2, 0.25) is 0 Å². The van der Waals surface area contributed by atoms with E-state index in [1.807, 2.05) is 12.3 Å². The molecule has 0 spiro atoms. The summed E-state index contributed by atoms with van der Waals surface area (Å²) in [4.78, 5) is 16.5. The maximum atomic E-state index is 14.6. The molecule has 0 bridgehead atoms. The number of carbonyl (C=O) groups excluding carboxylic acids is 1. The van der Waals surface area contributed by atoms with Crippen molar-refractivity contribution in [1.29, 1.82) is 0 Å². The molecule has 1 aromatic carbocycles. The van der Waals surface area contributed by atoms with Gasteiger partial charge in [-0.25, -0.2) is 9.37 Å². The van der Waals surface area contributed by atoms with E-state index in [0.717, 1.165) is 29.5 Å². The molecule has 0 saturated carbocycles. The van der Waals surface area contributed by atoms with Crippen LogP contribution in [0, 0.1) is 11.2 Å². The van der Waals surface area contributed by atoms with Gasteiger partial charge in [-0.2, -0.15) is 10.2 Å². The number of hydrogen-bond donors (Lipinski definition) is 3. The number of carbonyl (C=O) groups is 1. The Hall–Kier alpha value is -3.59. The van der Waals surface area contributed by atoms with Crippen molar-refractivity contribution in [3.05, 3.63) is 64.9 Å². The summed E-state index contributed by atoms with van der Waals surface area (Å²) in [6.45, 7) is 4.67. The standard InChI is InChI=1S/C24H25FN6O2/c1-24(2)9-18-20(10-24)28-29-21(18)16-7-17-13-31(30-22(17)27-11-16)12-15-4-3-14(8-19(15)25)23(33)26-5-6-32/h3-4,7-8,11,13,32H,5-6,9-10,12H2,1-2H3,(H,26,33)(H,28,29). The second-order valence-corrected chi connectivity index (χ2v) is 9.30. The Labute approximate surface area is 189 Å². The number of H-pyrrole nitrogens is 1. The average Bonchev–Trinajstić information content (AvgIpc) is 3.43. The molecule has 8 nitrogen and oxygen atoms in total. The average molecular weight is 449 g/mol. The van der Waals surface area contributed by atoms with Gasteiger partial charge in [-0.15, -0.1) is 0 Å². The van der Waals surface area contributed by atoms with Crippen LogP contribution < -0.4 is 5.32 Å². The third kappa shape index (κ3) is 4.11. The van der Waals surface area contributed by atoms with Crippen LogP contribution in [0.15, 0.2) is 36.7 Å². The molecule has 9 heteroatoms. The van der Waals surface area contributed by atoms with Crippen LogP contribution in [-0.4, -0.2) is 49.1 Å². The predicted octanol–water partition coefficient (Wildman–Crippen LogP) is 2.86. The highest BCUT2D eigenvalue weighted by Gasteiger charge is 2.32. The number of amides is 1. The minimum atomic E-state index is -0.491. The highest BCUT2D eigenvalue weighted by Crippen LogP contribution is 2.39. The molecular weight excluding hydrogens is 423 g/mol. The molecule has 170 valence electrons. The Morgan fingerprint density at radius 3 is 2.94 bits per heavy atom. The lowest BCUT2D eigenvalue weighted by Gasteiger charge is -2.15. The molecule has 33 heavy (non-hydrogen) atoms. The Balaban J connectivity index is 1.38. The van der Waals surface area contributed by atoms with Crippen LogP contribution in [0.5, 0.6) is 0 Å². The van der Waals surface area contributed by atoms with E-state index in [1.165, 1.54) is 17.3 Å². The van der Waals surface area contributed by atoms with Crippen molar-refractivity contribution in [2.75, 3.05) is 13.2 Å². The second-order valence-electron chi connectivity index (χ2n) is 9.30. The van der Waals surface area contributed by atoms with E-state index in [4.69, 9.17) is 5.11 Å². The van der Waals surface area contributed by atoms with E-state index < -0.39 is 11.7 Å². The summed E-state index contributed by atoms with van der Waals surface area (Å²) in [5.74, 6) is -0.918. The van der Waals surface area contributed by atoms with Gasteiger partial charge >= 0.3 is 0 Å². The normalized spacial score (nSPS) is 14.5. The molecular formula is C24H25FN6O2. The number of nitrogens with zero attached hydrogens (tertiary/aromatic N) is 4. The molecule has 0 radical (unpaired) electrons. The molecule has 1 aliphatic carbocycles. The van der Waals surface area contributed by atoms with Crippen LogP contribution in [-0.2, 0) is 19.4 Å². The van der Waals surface area contributed by atoms with Gasteiger partial charge in [-0.1, -0.05) is 19.9 Å². The topological polar surface area (TPSA) is 109 Å². The summed E-state index contributed by atoms with van der Waals surface area (Å²) in [6, 6.07) is 6.34. The molecule has 1 amide bonds. The number of pyridine rings is 1. The van der Waals surface area contributed by atoms with E-state index in [0.29, 0.717) is 11.2 Å². The van der Waals surface area contributed by atoms with E-state index >= 15 is 0 Å². The van der Waals surface area contributed by atoms with Crippen LogP contribution in [0.2, 0.25) is 0 Å². The van der Waals surface area contributed by atoms with E-state index in [1.54, 1.807) is 23.0 Å². The number of aliphatic hydroxyl groups is 1. The minimum absolute atomic E-state index is 0.121. The lowest BCUT2D eigenvalue weighted by Crippen LogP contribution is -2.26. The van der Waals surface area contributed by atoms with E-state index in [9.17, 15) is 9.18 Å². The predicted molar refractivity (Wildman–Crippen MR) is 121 cm³/mol. The lowest BCUT2D eigenvalue weighted by atomic mass is 9.90. The van der Waals surface area contributed by atoms with Crippen molar-refractivity contribution in [2.24, 2.45) is 5.41 Å². The fourth-order valence-electron chi connectivity index (χ4n) is 4.43. The summed E-state index contributed by atoms with van der Waals surface area (Å²) in [5.41, 5.74) is 5.71. The van der Waals surface area contributed by atoms with Gasteiger partial charge in [0, 0.05) is 52.3 Å². The van der Waals surface area contributed by atoms with Gasteiger partial charge in [-0.05, 0) is 36.5 Å². The Kier molecular flexibility index (Phi) is 5.20. The maximum absolute atomic E-state index is 14.6. The van der Waals surface area contributed by atoms with Crippen LogP contribution >= 0.6 is 0 Å². The number of nitrogens with one attached hydrogen (secondary N) is 2. The molecule has 0 atom stereocenters. The van der Waals surface area contributed by atoms with Crippen molar-refractivity contribution in [2.45, 2.75) is 33.2 Å². The SMILES string of the molecule is CC1(C)Cc2[nH]nc(-c3cnc4nn(Cc5ccc(C(=O)NCCO)cc5F)cc4c3)c2C1. The highest BCUT2D eigenvalue weighted by molar-refractivity contribution is 5.94. The molecule has 3 heterocycles. The third-order valence-electron chi connectivity index (χ3n) is 5.99. The van der Waals surface area contributed by atoms with Gasteiger partial charge in [0.1, 0.15) is 5.82 Å². The van der Waals surface area contributed by atoms with Gasteiger partial charge < -0.3 is 10.4 Å². The smallest absolute Gasteiger partial charge is 0.251 e. The number of aliphatic hydroxyl groups excluding tert-OH is 1. The minimum Gasteiger partial charge on any atom is -0.395 e. The molecule has 3 N–H and O–H groups in total. The molecule has 0 unspecified atom stereocenters. The number of halogens is 1. The summed E-state index contributed by atoms with van der Waals surface area (Å²) >= 11 is 0. The van der Waals surface area contributed by atoms with Crippen LogP contribution in [0.3, 0.4) is 0 Å². The summed E-state index contributed by atoms with van der Waals surface area (Å²) in [6.07, 6.45) is 5.57. The number of hydrogen-bond acceptors (Lipinski definition) is 5. The molecule has 4 aromatic rings. The van der Waals surface area contributed by atoms with E-state index in [-0.39, 0.29) is 30.7 Å². The van der Waals surface area contributed by atoms with Crippen LogP contribution in [0.25, 0.3) is 22.3 Å². The van der Waals surface area contributed by atoms with Crippen molar-refractivity contribution >= 4 is 16.9 Å². The first-order chi connectivity index (χ1) is 15.8. The zero-order valence-electron chi connectivity index (χ0n) is 18.5. The first-order valence-electron chi connectivity index (χ1n) is 10.9. The molecule has 3 aromatic heterocycles. The van der Waals surface area contributed by atoms with E-state index in [2.05, 4.69) is 39.4 Å². The Morgan fingerprint density at radius 1 is 1.30 bits per heavy atom. The van der Waals surface area contributed by atoms with Gasteiger partial charge in [0.15, 0.2) is 5.65 Å². The number of fused-ring (bicyclic) bond motifs is 2. The monoisotopic (exact) mass is 448 g/mol. The first-order valence-corrected chi connectivity index (χ1v) is 10.9. The van der Waals surface area contributed by atoms with Crippen molar-refractivity contribution in [1.82, 2.24) is 30.3 Å². The van der Waals surface area contributed by atoms with Gasteiger partial charge in [0.05, 0.1) is 18.8 Å². The lowest BCUT2D eigenvalue weighted by molar-refractivity contribution is 0.0944. The van der Waals surface area contributed by atoms with Crippen LogP contribution in [0.1, 0.15) is 41.0 Å². The van der Waals surface area contributed by atoms with Crippen molar-refractivity contribution < 1.29 is 14.3 Å². The number of benzene rings is 1. The van der Waals surface area contributed by atoms with Crippen molar-refractivity contribution in [3.8, 4) is 11.3 Å². The molecule has 5 rings (SSSR count).